The van der Waals surface area contributed by atoms with E-state index in [0.29, 0.717) is 5.92 Å². The van der Waals surface area contributed by atoms with Gasteiger partial charge in [0.1, 0.15) is 5.76 Å². The minimum Gasteiger partial charge on any atom is -0.384 e. The van der Waals surface area contributed by atoms with Crippen molar-refractivity contribution in [2.45, 2.75) is 45.3 Å². The molecule has 0 saturated heterocycles. The molecular weight excluding hydrogens is 292 g/mol. The molecule has 6 heteroatoms. The quantitative estimate of drug-likeness (QED) is 0.819. The maximum absolute atomic E-state index is 5.45. The zero-order chi connectivity index (χ0) is 15.8. The predicted molar refractivity (Wildman–Crippen MR) is 84.9 cm³/mol. The molecule has 3 heterocycles. The third-order valence-electron chi connectivity index (χ3n) is 4.83. The first-order valence-corrected chi connectivity index (χ1v) is 8.41. The zero-order valence-corrected chi connectivity index (χ0v) is 13.9. The number of methoxy groups -OCH3 is 1. The van der Waals surface area contributed by atoms with E-state index in [1.54, 1.807) is 7.11 Å². The molecule has 1 atom stereocenters. The second-order valence-electron chi connectivity index (χ2n) is 6.92. The molecule has 2 aromatic heterocycles. The highest BCUT2D eigenvalue weighted by Gasteiger charge is 2.31. The lowest BCUT2D eigenvalue weighted by atomic mass is 9.95. The molecule has 124 valence electrons. The monoisotopic (exact) mass is 316 g/mol. The molecule has 0 bridgehead atoms. The molecule has 0 N–H and O–H groups in total. The lowest BCUT2D eigenvalue weighted by Gasteiger charge is -2.32. The largest absolute Gasteiger partial charge is 0.384 e. The summed E-state index contributed by atoms with van der Waals surface area (Å²) in [4.78, 5) is 2.42. The van der Waals surface area contributed by atoms with Crippen LogP contribution < -0.4 is 0 Å². The molecule has 0 amide bonds. The number of aromatic nitrogens is 3. The highest BCUT2D eigenvalue weighted by molar-refractivity contribution is 5.26. The fourth-order valence-electron chi connectivity index (χ4n) is 3.51. The van der Waals surface area contributed by atoms with Gasteiger partial charge in [-0.15, -0.1) is 0 Å². The van der Waals surface area contributed by atoms with E-state index in [-0.39, 0.29) is 0 Å². The Bertz CT molecular complexity index is 674. The van der Waals surface area contributed by atoms with Crippen LogP contribution in [-0.4, -0.2) is 40.1 Å². The molecule has 1 aliphatic carbocycles. The minimum absolute atomic E-state index is 0.379. The zero-order valence-electron chi connectivity index (χ0n) is 13.9. The van der Waals surface area contributed by atoms with Gasteiger partial charge >= 0.3 is 0 Å². The summed E-state index contributed by atoms with van der Waals surface area (Å²) in [6.07, 6.45) is 4.75. The first kappa shape index (κ1) is 14.9. The molecule has 0 unspecified atom stereocenters. The summed E-state index contributed by atoms with van der Waals surface area (Å²) >= 11 is 0. The van der Waals surface area contributed by atoms with Crippen LogP contribution in [0.1, 0.15) is 41.5 Å². The van der Waals surface area contributed by atoms with Crippen molar-refractivity contribution in [1.29, 1.82) is 0 Å². The van der Waals surface area contributed by atoms with Gasteiger partial charge in [0.2, 0.25) is 0 Å². The Morgan fingerprint density at radius 1 is 1.39 bits per heavy atom. The molecule has 6 nitrogen and oxygen atoms in total. The Kier molecular flexibility index (Phi) is 3.95. The molecular formula is C17H24N4O2. The minimum atomic E-state index is 0.379. The van der Waals surface area contributed by atoms with Crippen molar-refractivity contribution in [3.05, 3.63) is 35.0 Å². The summed E-state index contributed by atoms with van der Waals surface area (Å²) in [5.74, 6) is 2.07. The van der Waals surface area contributed by atoms with Crippen LogP contribution in [0.25, 0.3) is 0 Å². The second-order valence-corrected chi connectivity index (χ2v) is 6.92. The second kappa shape index (κ2) is 6.09. The normalized spacial score (nSPS) is 21.6. The summed E-state index contributed by atoms with van der Waals surface area (Å²) in [6, 6.07) is 2.02. The van der Waals surface area contributed by atoms with Crippen molar-refractivity contribution < 1.29 is 9.26 Å². The van der Waals surface area contributed by atoms with Crippen molar-refractivity contribution >= 4 is 0 Å². The fourth-order valence-corrected chi connectivity index (χ4v) is 3.51. The number of ether oxygens (including phenoxy) is 1. The van der Waals surface area contributed by atoms with Gasteiger partial charge in [-0.05, 0) is 25.7 Å². The summed E-state index contributed by atoms with van der Waals surface area (Å²) < 4.78 is 12.9. The Morgan fingerprint density at radius 2 is 2.26 bits per heavy atom. The van der Waals surface area contributed by atoms with Crippen molar-refractivity contribution in [1.82, 2.24) is 19.8 Å². The Labute approximate surface area is 136 Å². The van der Waals surface area contributed by atoms with Crippen molar-refractivity contribution in [3.63, 3.8) is 0 Å². The Hall–Kier alpha value is -1.66. The van der Waals surface area contributed by atoms with Gasteiger partial charge in [0.15, 0.2) is 0 Å². The topological polar surface area (TPSA) is 56.3 Å². The lowest BCUT2D eigenvalue weighted by Crippen LogP contribution is -2.35. The van der Waals surface area contributed by atoms with E-state index >= 15 is 0 Å². The Balaban J connectivity index is 1.55. The molecule has 0 aromatic carbocycles. The third kappa shape index (κ3) is 3.19. The van der Waals surface area contributed by atoms with Crippen molar-refractivity contribution in [2.75, 3.05) is 20.3 Å². The lowest BCUT2D eigenvalue weighted by molar-refractivity contribution is 0.132. The standard InChI is InChI=1S/C17H24N4O2/c1-12-5-15(19-23-12)9-20-8-14(11-22-2)16-6-18-21(17(16)10-20)7-13-3-4-13/h5-6,13-14H,3-4,7-11H2,1-2H3/t14-/m0/s1. The maximum Gasteiger partial charge on any atom is 0.133 e. The maximum atomic E-state index is 5.45. The van der Waals surface area contributed by atoms with Crippen LogP contribution in [0.15, 0.2) is 16.8 Å². The van der Waals surface area contributed by atoms with Gasteiger partial charge in [0.25, 0.3) is 0 Å². The summed E-state index contributed by atoms with van der Waals surface area (Å²) in [7, 11) is 1.77. The van der Waals surface area contributed by atoms with Gasteiger partial charge < -0.3 is 9.26 Å². The van der Waals surface area contributed by atoms with Gasteiger partial charge in [-0.25, -0.2) is 0 Å². The molecule has 23 heavy (non-hydrogen) atoms. The van der Waals surface area contributed by atoms with E-state index in [1.165, 1.54) is 24.1 Å². The number of rotatable bonds is 6. The molecule has 0 radical (unpaired) electrons. The van der Waals surface area contributed by atoms with Crippen LogP contribution in [0.4, 0.5) is 0 Å². The summed E-state index contributed by atoms with van der Waals surface area (Å²) in [6.45, 7) is 6.44. The molecule has 1 aliphatic heterocycles. The average molecular weight is 316 g/mol. The molecule has 1 fully saturated rings. The van der Waals surface area contributed by atoms with Crippen LogP contribution in [0.3, 0.4) is 0 Å². The van der Waals surface area contributed by atoms with E-state index in [2.05, 4.69) is 26.0 Å². The van der Waals surface area contributed by atoms with Crippen LogP contribution >= 0.6 is 0 Å². The van der Waals surface area contributed by atoms with Crippen molar-refractivity contribution in [2.24, 2.45) is 5.92 Å². The predicted octanol–water partition coefficient (Wildman–Crippen LogP) is 2.34. The van der Waals surface area contributed by atoms with Gasteiger partial charge in [-0.1, -0.05) is 5.16 Å². The number of hydrogen-bond acceptors (Lipinski definition) is 5. The van der Waals surface area contributed by atoms with E-state index < -0.39 is 0 Å². The smallest absolute Gasteiger partial charge is 0.133 e. The number of fused-ring (bicyclic) bond motifs is 1. The summed E-state index contributed by atoms with van der Waals surface area (Å²) in [5, 5.41) is 8.79. The summed E-state index contributed by atoms with van der Waals surface area (Å²) in [5.41, 5.74) is 3.71. The average Bonchev–Trinajstić information content (AvgIpc) is 3.12. The van der Waals surface area contributed by atoms with Crippen molar-refractivity contribution in [3.8, 4) is 0 Å². The van der Waals surface area contributed by atoms with Gasteiger partial charge in [0, 0.05) is 50.8 Å². The molecule has 2 aliphatic rings. The first-order valence-electron chi connectivity index (χ1n) is 8.41. The van der Waals surface area contributed by atoms with E-state index in [4.69, 9.17) is 9.26 Å². The first-order chi connectivity index (χ1) is 11.2. The van der Waals surface area contributed by atoms with Crippen LogP contribution in [-0.2, 0) is 24.4 Å². The van der Waals surface area contributed by atoms with E-state index in [1.807, 2.05) is 13.0 Å². The van der Waals surface area contributed by atoms with Crippen LogP contribution in [0.2, 0.25) is 0 Å². The van der Waals surface area contributed by atoms with Crippen LogP contribution in [0.5, 0.6) is 0 Å². The number of aryl methyl sites for hydroxylation is 1. The number of nitrogens with zero attached hydrogens (tertiary/aromatic N) is 4. The Morgan fingerprint density at radius 3 is 2.96 bits per heavy atom. The van der Waals surface area contributed by atoms with Crippen LogP contribution in [0, 0.1) is 12.8 Å². The third-order valence-corrected chi connectivity index (χ3v) is 4.83. The SMILES string of the molecule is COC[C@@H]1CN(Cc2cc(C)on2)Cc2c1cnn2CC1CC1. The highest BCUT2D eigenvalue weighted by Crippen LogP contribution is 2.34. The highest BCUT2D eigenvalue weighted by atomic mass is 16.5. The van der Waals surface area contributed by atoms with E-state index in [0.717, 1.165) is 50.2 Å². The molecule has 4 rings (SSSR count). The van der Waals surface area contributed by atoms with Gasteiger partial charge in [-0.2, -0.15) is 5.10 Å². The number of hydrogen-bond donors (Lipinski definition) is 0. The van der Waals surface area contributed by atoms with E-state index in [9.17, 15) is 0 Å². The molecule has 0 spiro atoms. The molecule has 1 saturated carbocycles. The fraction of sp³-hybridized carbons (Fsp3) is 0.647. The van der Waals surface area contributed by atoms with Gasteiger partial charge in [-0.3, -0.25) is 9.58 Å². The molecule has 2 aromatic rings. The van der Waals surface area contributed by atoms with Gasteiger partial charge in [0.05, 0.1) is 24.2 Å².